The first kappa shape index (κ1) is 19.6. The summed E-state index contributed by atoms with van der Waals surface area (Å²) >= 11 is 0. The van der Waals surface area contributed by atoms with Crippen molar-refractivity contribution in [2.45, 2.75) is 20.4 Å². The molecule has 0 aliphatic carbocycles. The number of benzene rings is 3. The summed E-state index contributed by atoms with van der Waals surface area (Å²) < 4.78 is 5.64. The summed E-state index contributed by atoms with van der Waals surface area (Å²) in [7, 11) is 0. The molecule has 0 atom stereocenters. The molecular weight excluding hydrogens is 374 g/mol. The average molecular weight is 397 g/mol. The molecule has 0 saturated carbocycles. The van der Waals surface area contributed by atoms with Crippen LogP contribution in [0.2, 0.25) is 0 Å². The van der Waals surface area contributed by atoms with Crippen LogP contribution in [0.1, 0.15) is 28.6 Å². The van der Waals surface area contributed by atoms with Crippen molar-refractivity contribution >= 4 is 16.7 Å². The smallest absolute Gasteiger partial charge is 0.344 e. The molecule has 0 aliphatic rings. The zero-order valence-electron chi connectivity index (χ0n) is 17.1. The molecule has 0 spiro atoms. The van der Waals surface area contributed by atoms with Gasteiger partial charge in [0, 0.05) is 24.0 Å². The molecule has 0 unspecified atom stereocenters. The van der Waals surface area contributed by atoms with Crippen molar-refractivity contribution in [2.75, 3.05) is 6.54 Å². The third kappa shape index (κ3) is 3.77. The largest absolute Gasteiger partial charge is 0.416 e. The number of hydrogen-bond donors (Lipinski definition) is 0. The summed E-state index contributed by atoms with van der Waals surface area (Å²) in [6, 6.07) is 25.0. The van der Waals surface area contributed by atoms with Crippen LogP contribution in [0.4, 0.5) is 0 Å². The molecule has 4 rings (SSSR count). The topological polar surface area (TPSA) is 50.5 Å². The standard InChI is InChI=1S/C26H23NO3/c1-3-27(17-19-9-5-4-6-10-19)25(28)24-23(20-15-13-18(2)14-16-20)21-11-7-8-12-22(21)26(29)30-24/h4-16H,3,17H2,1-2H3. The summed E-state index contributed by atoms with van der Waals surface area (Å²) in [5.74, 6) is -0.208. The maximum absolute atomic E-state index is 13.5. The molecule has 150 valence electrons. The first-order valence-electron chi connectivity index (χ1n) is 10.0. The lowest BCUT2D eigenvalue weighted by Gasteiger charge is -2.22. The van der Waals surface area contributed by atoms with E-state index in [0.717, 1.165) is 22.1 Å². The van der Waals surface area contributed by atoms with Crippen molar-refractivity contribution in [3.05, 3.63) is 106 Å². The van der Waals surface area contributed by atoms with Crippen molar-refractivity contribution in [1.82, 2.24) is 4.90 Å². The van der Waals surface area contributed by atoms with Gasteiger partial charge in [0.1, 0.15) is 0 Å². The lowest BCUT2D eigenvalue weighted by atomic mass is 9.97. The van der Waals surface area contributed by atoms with E-state index < -0.39 is 5.63 Å². The van der Waals surface area contributed by atoms with E-state index >= 15 is 0 Å². The predicted molar refractivity (Wildman–Crippen MR) is 120 cm³/mol. The van der Waals surface area contributed by atoms with Crippen LogP contribution >= 0.6 is 0 Å². The van der Waals surface area contributed by atoms with Crippen LogP contribution in [0.3, 0.4) is 0 Å². The fraction of sp³-hybridized carbons (Fsp3) is 0.154. The lowest BCUT2D eigenvalue weighted by Crippen LogP contribution is -2.31. The molecule has 0 fully saturated rings. The van der Waals surface area contributed by atoms with Gasteiger partial charge in [-0.2, -0.15) is 0 Å². The number of hydrogen-bond acceptors (Lipinski definition) is 3. The molecular formula is C26H23NO3. The Morgan fingerprint density at radius 1 is 0.867 bits per heavy atom. The Morgan fingerprint density at radius 2 is 1.50 bits per heavy atom. The van der Waals surface area contributed by atoms with Gasteiger partial charge in [-0.25, -0.2) is 4.79 Å². The van der Waals surface area contributed by atoms with Crippen LogP contribution in [0.15, 0.2) is 88.1 Å². The van der Waals surface area contributed by atoms with Crippen molar-refractivity contribution in [2.24, 2.45) is 0 Å². The molecule has 1 heterocycles. The van der Waals surface area contributed by atoms with E-state index in [1.165, 1.54) is 0 Å². The van der Waals surface area contributed by atoms with E-state index in [9.17, 15) is 9.59 Å². The lowest BCUT2D eigenvalue weighted by molar-refractivity contribution is 0.0717. The Bertz CT molecular complexity index is 1240. The highest BCUT2D eigenvalue weighted by Gasteiger charge is 2.25. The Kier molecular flexibility index (Phi) is 5.48. The summed E-state index contributed by atoms with van der Waals surface area (Å²) in [5.41, 5.74) is 3.14. The number of carbonyl (C=O) groups is 1. The van der Waals surface area contributed by atoms with Crippen molar-refractivity contribution < 1.29 is 9.21 Å². The van der Waals surface area contributed by atoms with E-state index in [2.05, 4.69) is 0 Å². The zero-order chi connectivity index (χ0) is 21.1. The molecule has 1 aromatic heterocycles. The molecule has 0 saturated heterocycles. The van der Waals surface area contributed by atoms with Gasteiger partial charge in [-0.1, -0.05) is 78.4 Å². The SMILES string of the molecule is CCN(Cc1ccccc1)C(=O)c1oc(=O)c2ccccc2c1-c1ccc(C)cc1. The van der Waals surface area contributed by atoms with E-state index in [1.807, 2.05) is 80.6 Å². The van der Waals surface area contributed by atoms with Gasteiger partial charge in [-0.05, 0) is 31.0 Å². The second kappa shape index (κ2) is 8.37. The maximum Gasteiger partial charge on any atom is 0.344 e. The Hall–Kier alpha value is -3.66. The summed E-state index contributed by atoms with van der Waals surface area (Å²) in [5, 5.41) is 1.19. The maximum atomic E-state index is 13.5. The number of amides is 1. The molecule has 3 aromatic carbocycles. The third-order valence-corrected chi connectivity index (χ3v) is 5.26. The van der Waals surface area contributed by atoms with Crippen LogP contribution < -0.4 is 5.63 Å². The van der Waals surface area contributed by atoms with E-state index in [-0.39, 0.29) is 11.7 Å². The first-order chi connectivity index (χ1) is 14.6. The molecule has 1 amide bonds. The number of carbonyl (C=O) groups excluding carboxylic acids is 1. The minimum atomic E-state index is -0.499. The van der Waals surface area contributed by atoms with Gasteiger partial charge in [0.05, 0.1) is 5.39 Å². The quantitative estimate of drug-likeness (QED) is 0.451. The second-order valence-electron chi connectivity index (χ2n) is 7.31. The van der Waals surface area contributed by atoms with Gasteiger partial charge < -0.3 is 9.32 Å². The van der Waals surface area contributed by atoms with Crippen LogP contribution in [0.5, 0.6) is 0 Å². The van der Waals surface area contributed by atoms with Crippen molar-refractivity contribution in [3.8, 4) is 11.1 Å². The highest BCUT2D eigenvalue weighted by Crippen LogP contribution is 2.32. The molecule has 0 N–H and O–H groups in total. The molecule has 30 heavy (non-hydrogen) atoms. The summed E-state index contributed by atoms with van der Waals surface area (Å²) in [4.78, 5) is 27.9. The number of nitrogens with zero attached hydrogens (tertiary/aromatic N) is 1. The molecule has 4 nitrogen and oxygen atoms in total. The third-order valence-electron chi connectivity index (χ3n) is 5.26. The second-order valence-corrected chi connectivity index (χ2v) is 7.31. The van der Waals surface area contributed by atoms with Crippen molar-refractivity contribution in [3.63, 3.8) is 0 Å². The Balaban J connectivity index is 1.89. The van der Waals surface area contributed by atoms with Gasteiger partial charge in [-0.3, -0.25) is 4.79 Å². The fourth-order valence-corrected chi connectivity index (χ4v) is 3.63. The van der Waals surface area contributed by atoms with Crippen LogP contribution in [0, 0.1) is 6.92 Å². The normalized spacial score (nSPS) is 10.9. The fourth-order valence-electron chi connectivity index (χ4n) is 3.63. The highest BCUT2D eigenvalue weighted by atomic mass is 16.4. The molecule has 4 heteroatoms. The predicted octanol–water partition coefficient (Wildman–Crippen LogP) is 5.43. The average Bonchev–Trinajstić information content (AvgIpc) is 2.78. The molecule has 0 bridgehead atoms. The molecule has 0 radical (unpaired) electrons. The molecule has 4 aromatic rings. The van der Waals surface area contributed by atoms with Gasteiger partial charge in [0.25, 0.3) is 5.91 Å². The van der Waals surface area contributed by atoms with Crippen LogP contribution in [-0.2, 0) is 6.54 Å². The Labute approximate surface area is 175 Å². The van der Waals surface area contributed by atoms with Crippen molar-refractivity contribution in [1.29, 1.82) is 0 Å². The summed E-state index contributed by atoms with van der Waals surface area (Å²) in [6.07, 6.45) is 0. The number of rotatable bonds is 5. The minimum absolute atomic E-state index is 0.0836. The van der Waals surface area contributed by atoms with Gasteiger partial charge in [0.15, 0.2) is 0 Å². The van der Waals surface area contributed by atoms with Gasteiger partial charge in [-0.15, -0.1) is 0 Å². The van der Waals surface area contributed by atoms with Gasteiger partial charge >= 0.3 is 5.63 Å². The summed E-state index contributed by atoms with van der Waals surface area (Å²) in [6.45, 7) is 4.88. The monoisotopic (exact) mass is 397 g/mol. The Morgan fingerprint density at radius 3 is 2.17 bits per heavy atom. The minimum Gasteiger partial charge on any atom is -0.416 e. The molecule has 0 aliphatic heterocycles. The highest BCUT2D eigenvalue weighted by molar-refractivity contribution is 6.07. The van der Waals surface area contributed by atoms with E-state index in [0.29, 0.717) is 24.0 Å². The van der Waals surface area contributed by atoms with Crippen LogP contribution in [0.25, 0.3) is 21.9 Å². The van der Waals surface area contributed by atoms with Crippen LogP contribution in [-0.4, -0.2) is 17.4 Å². The first-order valence-corrected chi connectivity index (χ1v) is 10.0. The van der Waals surface area contributed by atoms with Gasteiger partial charge in [0.2, 0.25) is 5.76 Å². The van der Waals surface area contributed by atoms with E-state index in [1.54, 1.807) is 17.0 Å². The zero-order valence-corrected chi connectivity index (χ0v) is 17.1. The number of fused-ring (bicyclic) bond motifs is 1. The van der Waals surface area contributed by atoms with E-state index in [4.69, 9.17) is 4.42 Å². The number of aryl methyl sites for hydroxylation is 1.